The van der Waals surface area contributed by atoms with Crippen molar-refractivity contribution < 1.29 is 13.9 Å². The molecule has 0 amide bonds. The Balaban J connectivity index is 2.47. The summed E-state index contributed by atoms with van der Waals surface area (Å²) in [6.45, 7) is 2.88. The van der Waals surface area contributed by atoms with E-state index in [2.05, 4.69) is 12.2 Å². The third kappa shape index (κ3) is 2.74. The van der Waals surface area contributed by atoms with E-state index >= 15 is 0 Å². The first-order valence-electron chi connectivity index (χ1n) is 6.29. The van der Waals surface area contributed by atoms with Gasteiger partial charge in [-0.2, -0.15) is 0 Å². The lowest BCUT2D eigenvalue weighted by atomic mass is 10.0. The fraction of sp³-hybridized carbons (Fsp3) is 0.333. The van der Waals surface area contributed by atoms with Gasteiger partial charge in [0.1, 0.15) is 5.76 Å². The minimum Gasteiger partial charge on any atom is -0.493 e. The second-order valence-electron chi connectivity index (χ2n) is 4.09. The zero-order valence-electron chi connectivity index (χ0n) is 11.5. The van der Waals surface area contributed by atoms with Gasteiger partial charge in [-0.05, 0) is 24.7 Å². The Kier molecular flexibility index (Phi) is 4.47. The summed E-state index contributed by atoms with van der Waals surface area (Å²) >= 11 is 0. The molecule has 0 spiro atoms. The maximum atomic E-state index is 5.52. The molecule has 1 unspecified atom stereocenters. The molecule has 4 heteroatoms. The fourth-order valence-corrected chi connectivity index (χ4v) is 2.16. The Hall–Kier alpha value is -1.94. The van der Waals surface area contributed by atoms with E-state index in [0.717, 1.165) is 29.4 Å². The molecule has 0 aliphatic carbocycles. The van der Waals surface area contributed by atoms with Gasteiger partial charge in [0.2, 0.25) is 0 Å². The number of hydrogen-bond acceptors (Lipinski definition) is 4. The molecule has 0 aliphatic rings. The van der Waals surface area contributed by atoms with Gasteiger partial charge in [-0.15, -0.1) is 0 Å². The van der Waals surface area contributed by atoms with E-state index in [1.165, 1.54) is 0 Å². The van der Waals surface area contributed by atoms with E-state index in [1.807, 2.05) is 30.3 Å². The maximum absolute atomic E-state index is 5.52. The Morgan fingerprint density at radius 1 is 1.16 bits per heavy atom. The third-order valence-electron chi connectivity index (χ3n) is 2.98. The summed E-state index contributed by atoms with van der Waals surface area (Å²) < 4.78 is 16.3. The number of methoxy groups -OCH3 is 2. The molecule has 0 saturated heterocycles. The predicted molar refractivity (Wildman–Crippen MR) is 73.8 cm³/mol. The SMILES string of the molecule is CCNC(c1ccco1)c1cccc(OC)c1OC. The smallest absolute Gasteiger partial charge is 0.165 e. The lowest BCUT2D eigenvalue weighted by Gasteiger charge is -2.20. The Morgan fingerprint density at radius 2 is 2.00 bits per heavy atom. The molecule has 19 heavy (non-hydrogen) atoms. The van der Waals surface area contributed by atoms with Crippen molar-refractivity contribution in [3.05, 3.63) is 47.9 Å². The van der Waals surface area contributed by atoms with E-state index < -0.39 is 0 Å². The highest BCUT2D eigenvalue weighted by Gasteiger charge is 2.21. The van der Waals surface area contributed by atoms with Crippen LogP contribution in [0.3, 0.4) is 0 Å². The normalized spacial score (nSPS) is 12.2. The molecule has 1 heterocycles. The number of rotatable bonds is 6. The molecule has 0 bridgehead atoms. The van der Waals surface area contributed by atoms with Gasteiger partial charge in [0.15, 0.2) is 11.5 Å². The summed E-state index contributed by atoms with van der Waals surface area (Å²) in [5.74, 6) is 2.30. The second kappa shape index (κ2) is 6.29. The zero-order chi connectivity index (χ0) is 13.7. The minimum atomic E-state index is -0.0509. The van der Waals surface area contributed by atoms with Crippen LogP contribution in [0, 0.1) is 0 Å². The van der Waals surface area contributed by atoms with Crippen LogP contribution in [0.5, 0.6) is 11.5 Å². The van der Waals surface area contributed by atoms with E-state index in [-0.39, 0.29) is 6.04 Å². The monoisotopic (exact) mass is 261 g/mol. The van der Waals surface area contributed by atoms with Crippen LogP contribution in [-0.2, 0) is 0 Å². The molecule has 1 atom stereocenters. The number of benzene rings is 1. The van der Waals surface area contributed by atoms with Crippen molar-refractivity contribution in [3.8, 4) is 11.5 Å². The summed E-state index contributed by atoms with van der Waals surface area (Å²) in [7, 11) is 3.28. The van der Waals surface area contributed by atoms with Crippen molar-refractivity contribution in [2.45, 2.75) is 13.0 Å². The molecule has 1 N–H and O–H groups in total. The van der Waals surface area contributed by atoms with Gasteiger partial charge in [-0.1, -0.05) is 19.1 Å². The van der Waals surface area contributed by atoms with Crippen LogP contribution >= 0.6 is 0 Å². The molecule has 4 nitrogen and oxygen atoms in total. The topological polar surface area (TPSA) is 43.6 Å². The largest absolute Gasteiger partial charge is 0.493 e. The van der Waals surface area contributed by atoms with Crippen LogP contribution in [0.4, 0.5) is 0 Å². The summed E-state index contributed by atoms with van der Waals surface area (Å²) in [6.07, 6.45) is 1.67. The second-order valence-corrected chi connectivity index (χ2v) is 4.09. The number of nitrogens with one attached hydrogen (secondary N) is 1. The highest BCUT2D eigenvalue weighted by Crippen LogP contribution is 2.37. The summed E-state index contributed by atoms with van der Waals surface area (Å²) in [5.41, 5.74) is 0.999. The van der Waals surface area contributed by atoms with Crippen LogP contribution in [-0.4, -0.2) is 20.8 Å². The summed E-state index contributed by atoms with van der Waals surface area (Å²) in [5, 5.41) is 3.40. The van der Waals surface area contributed by atoms with E-state index in [4.69, 9.17) is 13.9 Å². The van der Waals surface area contributed by atoms with Crippen LogP contribution in [0.25, 0.3) is 0 Å². The van der Waals surface area contributed by atoms with Crippen LogP contribution in [0.1, 0.15) is 24.3 Å². The number of ether oxygens (including phenoxy) is 2. The van der Waals surface area contributed by atoms with E-state index in [9.17, 15) is 0 Å². The van der Waals surface area contributed by atoms with Crippen molar-refractivity contribution in [2.24, 2.45) is 0 Å². The molecule has 102 valence electrons. The maximum Gasteiger partial charge on any atom is 0.165 e. The average Bonchev–Trinajstić information content (AvgIpc) is 2.97. The highest BCUT2D eigenvalue weighted by molar-refractivity contribution is 5.49. The number of furan rings is 1. The van der Waals surface area contributed by atoms with Gasteiger partial charge in [-0.25, -0.2) is 0 Å². The first-order chi connectivity index (χ1) is 9.31. The fourth-order valence-electron chi connectivity index (χ4n) is 2.16. The summed E-state index contributed by atoms with van der Waals surface area (Å²) in [4.78, 5) is 0. The molecular formula is C15H19NO3. The van der Waals surface area contributed by atoms with Crippen molar-refractivity contribution in [3.63, 3.8) is 0 Å². The molecule has 1 aromatic carbocycles. The molecular weight excluding hydrogens is 242 g/mol. The van der Waals surface area contributed by atoms with Gasteiger partial charge in [0.05, 0.1) is 26.5 Å². The van der Waals surface area contributed by atoms with E-state index in [1.54, 1.807) is 20.5 Å². The Bertz CT molecular complexity index is 508. The van der Waals surface area contributed by atoms with Crippen molar-refractivity contribution in [1.29, 1.82) is 0 Å². The van der Waals surface area contributed by atoms with Crippen LogP contribution in [0.2, 0.25) is 0 Å². The van der Waals surface area contributed by atoms with Crippen molar-refractivity contribution in [1.82, 2.24) is 5.32 Å². The Morgan fingerprint density at radius 3 is 2.58 bits per heavy atom. The number of para-hydroxylation sites is 1. The van der Waals surface area contributed by atoms with Gasteiger partial charge < -0.3 is 19.2 Å². The molecule has 1 aromatic heterocycles. The van der Waals surface area contributed by atoms with Crippen molar-refractivity contribution >= 4 is 0 Å². The molecule has 0 aliphatic heterocycles. The molecule has 2 aromatic rings. The molecule has 2 rings (SSSR count). The minimum absolute atomic E-state index is 0.0509. The van der Waals surface area contributed by atoms with Gasteiger partial charge in [0.25, 0.3) is 0 Å². The first-order valence-corrected chi connectivity index (χ1v) is 6.29. The van der Waals surface area contributed by atoms with Gasteiger partial charge in [0, 0.05) is 5.56 Å². The average molecular weight is 261 g/mol. The van der Waals surface area contributed by atoms with Crippen LogP contribution in [0.15, 0.2) is 41.0 Å². The van der Waals surface area contributed by atoms with Gasteiger partial charge >= 0.3 is 0 Å². The Labute approximate surface area is 113 Å². The van der Waals surface area contributed by atoms with Crippen molar-refractivity contribution in [2.75, 3.05) is 20.8 Å². The van der Waals surface area contributed by atoms with Crippen LogP contribution < -0.4 is 14.8 Å². The third-order valence-corrected chi connectivity index (χ3v) is 2.98. The summed E-state index contributed by atoms with van der Waals surface area (Å²) in [6, 6.07) is 9.62. The first kappa shape index (κ1) is 13.5. The van der Waals surface area contributed by atoms with Gasteiger partial charge in [-0.3, -0.25) is 0 Å². The standard InChI is InChI=1S/C15H19NO3/c1-4-16-14(12-9-6-10-19-12)11-7-5-8-13(17-2)15(11)18-3/h5-10,14,16H,4H2,1-3H3. The van der Waals surface area contributed by atoms with E-state index in [0.29, 0.717) is 0 Å². The lowest BCUT2D eigenvalue weighted by Crippen LogP contribution is -2.22. The molecule has 0 saturated carbocycles. The molecule has 0 fully saturated rings. The lowest BCUT2D eigenvalue weighted by molar-refractivity contribution is 0.345. The molecule has 0 radical (unpaired) electrons. The quantitative estimate of drug-likeness (QED) is 0.868. The highest BCUT2D eigenvalue weighted by atomic mass is 16.5. The zero-order valence-corrected chi connectivity index (χ0v) is 11.5. The predicted octanol–water partition coefficient (Wildman–Crippen LogP) is 3.00. The number of hydrogen-bond donors (Lipinski definition) is 1.